The highest BCUT2D eigenvalue weighted by Crippen LogP contribution is 2.32. The van der Waals surface area contributed by atoms with Crippen LogP contribution in [0, 0.1) is 3.57 Å². The SMILES string of the molecule is OC1Cc2ccc(I)cc2CC1N1CCC(c2ccccc2)CC1. The lowest BCUT2D eigenvalue weighted by molar-refractivity contribution is 0.0294. The zero-order valence-corrected chi connectivity index (χ0v) is 16.0. The van der Waals surface area contributed by atoms with Gasteiger partial charge in [0.15, 0.2) is 0 Å². The van der Waals surface area contributed by atoms with Crippen molar-refractivity contribution in [2.45, 2.75) is 43.7 Å². The van der Waals surface area contributed by atoms with Crippen LogP contribution in [0.3, 0.4) is 0 Å². The Labute approximate surface area is 158 Å². The van der Waals surface area contributed by atoms with Crippen LogP contribution in [0.5, 0.6) is 0 Å². The maximum absolute atomic E-state index is 10.7. The summed E-state index contributed by atoms with van der Waals surface area (Å²) in [5.41, 5.74) is 4.24. The Bertz CT molecular complexity index is 694. The number of rotatable bonds is 2. The van der Waals surface area contributed by atoms with Crippen LogP contribution in [0.15, 0.2) is 48.5 Å². The summed E-state index contributed by atoms with van der Waals surface area (Å²) in [6.45, 7) is 2.20. The third kappa shape index (κ3) is 3.39. The molecule has 2 aromatic rings. The van der Waals surface area contributed by atoms with Gasteiger partial charge in [0, 0.05) is 16.0 Å². The quantitative estimate of drug-likeness (QED) is 0.724. The first kappa shape index (κ1) is 16.6. The van der Waals surface area contributed by atoms with Crippen molar-refractivity contribution in [3.8, 4) is 0 Å². The van der Waals surface area contributed by atoms with Crippen molar-refractivity contribution in [1.82, 2.24) is 4.90 Å². The van der Waals surface area contributed by atoms with Crippen LogP contribution in [0.4, 0.5) is 0 Å². The van der Waals surface area contributed by atoms with E-state index in [0.717, 1.165) is 25.9 Å². The van der Waals surface area contributed by atoms with Crippen molar-refractivity contribution in [3.05, 3.63) is 68.8 Å². The molecule has 2 aromatic carbocycles. The van der Waals surface area contributed by atoms with Gasteiger partial charge in [-0.1, -0.05) is 36.4 Å². The molecule has 1 saturated heterocycles. The van der Waals surface area contributed by atoms with Gasteiger partial charge in [0.25, 0.3) is 0 Å². The van der Waals surface area contributed by atoms with E-state index in [9.17, 15) is 5.11 Å². The van der Waals surface area contributed by atoms with Crippen LogP contribution in [0.25, 0.3) is 0 Å². The summed E-state index contributed by atoms with van der Waals surface area (Å²) in [6.07, 6.45) is 3.96. The Morgan fingerprint density at radius 1 is 0.917 bits per heavy atom. The molecule has 24 heavy (non-hydrogen) atoms. The molecule has 2 atom stereocenters. The molecule has 1 heterocycles. The van der Waals surface area contributed by atoms with E-state index < -0.39 is 0 Å². The smallest absolute Gasteiger partial charge is 0.0738 e. The average Bonchev–Trinajstić information content (AvgIpc) is 2.62. The summed E-state index contributed by atoms with van der Waals surface area (Å²) in [4.78, 5) is 2.53. The standard InChI is InChI=1S/C21H24INO/c22-19-7-6-17-14-21(24)20(13-18(17)12-19)23-10-8-16(9-11-23)15-4-2-1-3-5-15/h1-7,12,16,20-21,24H,8-11,13-14H2. The van der Waals surface area contributed by atoms with Gasteiger partial charge >= 0.3 is 0 Å². The van der Waals surface area contributed by atoms with Gasteiger partial charge in [-0.2, -0.15) is 0 Å². The van der Waals surface area contributed by atoms with Crippen molar-refractivity contribution >= 4 is 22.6 Å². The molecule has 4 rings (SSSR count). The van der Waals surface area contributed by atoms with Gasteiger partial charge in [-0.05, 0) is 89.7 Å². The van der Waals surface area contributed by atoms with Crippen molar-refractivity contribution in [2.75, 3.05) is 13.1 Å². The van der Waals surface area contributed by atoms with E-state index in [4.69, 9.17) is 0 Å². The predicted octanol–water partition coefficient (Wildman–Crippen LogP) is 4.00. The van der Waals surface area contributed by atoms with E-state index in [2.05, 4.69) is 76.0 Å². The number of hydrogen-bond acceptors (Lipinski definition) is 2. The molecule has 126 valence electrons. The van der Waals surface area contributed by atoms with Crippen LogP contribution in [0.2, 0.25) is 0 Å². The summed E-state index contributed by atoms with van der Waals surface area (Å²) < 4.78 is 1.30. The van der Waals surface area contributed by atoms with Crippen molar-refractivity contribution in [1.29, 1.82) is 0 Å². The minimum atomic E-state index is -0.231. The van der Waals surface area contributed by atoms with Crippen LogP contribution in [0.1, 0.15) is 35.4 Å². The van der Waals surface area contributed by atoms with Crippen LogP contribution < -0.4 is 0 Å². The van der Waals surface area contributed by atoms with E-state index in [-0.39, 0.29) is 12.1 Å². The third-order valence-electron chi connectivity index (χ3n) is 5.74. The Kier molecular flexibility index (Phi) is 4.93. The molecule has 0 amide bonds. The van der Waals surface area contributed by atoms with Gasteiger partial charge in [0.2, 0.25) is 0 Å². The van der Waals surface area contributed by atoms with Gasteiger partial charge in [-0.15, -0.1) is 0 Å². The molecule has 0 bridgehead atoms. The fourth-order valence-electron chi connectivity index (χ4n) is 4.37. The molecule has 1 N–H and O–H groups in total. The zero-order chi connectivity index (χ0) is 16.5. The number of benzene rings is 2. The Morgan fingerprint density at radius 2 is 1.67 bits per heavy atom. The Hall–Kier alpha value is -0.910. The van der Waals surface area contributed by atoms with Crippen molar-refractivity contribution in [3.63, 3.8) is 0 Å². The van der Waals surface area contributed by atoms with E-state index in [1.54, 1.807) is 0 Å². The summed E-state index contributed by atoms with van der Waals surface area (Å²) in [7, 11) is 0. The van der Waals surface area contributed by atoms with E-state index in [1.807, 2.05) is 0 Å². The molecule has 1 aliphatic carbocycles. The van der Waals surface area contributed by atoms with Gasteiger partial charge in [0.1, 0.15) is 0 Å². The van der Waals surface area contributed by atoms with Crippen molar-refractivity contribution in [2.24, 2.45) is 0 Å². The van der Waals surface area contributed by atoms with Crippen molar-refractivity contribution < 1.29 is 5.11 Å². The lowest BCUT2D eigenvalue weighted by Gasteiger charge is -2.42. The molecule has 1 fully saturated rings. The molecule has 2 aliphatic rings. The van der Waals surface area contributed by atoms with Gasteiger partial charge in [-0.25, -0.2) is 0 Å². The first-order valence-corrected chi connectivity index (χ1v) is 10.0. The van der Waals surface area contributed by atoms with Gasteiger partial charge in [-0.3, -0.25) is 4.90 Å². The number of fused-ring (bicyclic) bond motifs is 1. The number of likely N-dealkylation sites (tertiary alicyclic amines) is 1. The lowest BCUT2D eigenvalue weighted by atomic mass is 9.83. The second-order valence-corrected chi connectivity index (χ2v) is 8.42. The van der Waals surface area contributed by atoms with E-state index >= 15 is 0 Å². The van der Waals surface area contributed by atoms with E-state index in [0.29, 0.717) is 5.92 Å². The molecular formula is C21H24INO. The van der Waals surface area contributed by atoms with Gasteiger partial charge < -0.3 is 5.11 Å². The maximum atomic E-state index is 10.7. The monoisotopic (exact) mass is 433 g/mol. The molecular weight excluding hydrogens is 409 g/mol. The summed E-state index contributed by atoms with van der Waals surface area (Å²) >= 11 is 2.39. The van der Waals surface area contributed by atoms with Gasteiger partial charge in [0.05, 0.1) is 6.10 Å². The molecule has 0 saturated carbocycles. The lowest BCUT2D eigenvalue weighted by Crippen LogP contribution is -2.50. The number of halogens is 1. The van der Waals surface area contributed by atoms with E-state index in [1.165, 1.54) is 33.1 Å². The maximum Gasteiger partial charge on any atom is 0.0738 e. The molecule has 0 spiro atoms. The van der Waals surface area contributed by atoms with Crippen LogP contribution in [-0.2, 0) is 12.8 Å². The molecule has 2 unspecified atom stereocenters. The highest BCUT2D eigenvalue weighted by molar-refractivity contribution is 14.1. The first-order chi connectivity index (χ1) is 11.7. The van der Waals surface area contributed by atoms with Crippen LogP contribution in [-0.4, -0.2) is 35.2 Å². The number of piperidine rings is 1. The Morgan fingerprint density at radius 3 is 2.42 bits per heavy atom. The molecule has 2 nitrogen and oxygen atoms in total. The molecule has 0 radical (unpaired) electrons. The topological polar surface area (TPSA) is 23.5 Å². The summed E-state index contributed by atoms with van der Waals surface area (Å²) in [6, 6.07) is 17.8. The summed E-state index contributed by atoms with van der Waals surface area (Å²) in [5, 5.41) is 10.7. The second kappa shape index (κ2) is 7.14. The number of nitrogens with zero attached hydrogens (tertiary/aromatic N) is 1. The fourth-order valence-corrected chi connectivity index (χ4v) is 4.92. The zero-order valence-electron chi connectivity index (χ0n) is 13.9. The molecule has 3 heteroatoms. The Balaban J connectivity index is 1.44. The third-order valence-corrected chi connectivity index (χ3v) is 6.41. The number of aliphatic hydroxyl groups is 1. The second-order valence-electron chi connectivity index (χ2n) is 7.18. The average molecular weight is 433 g/mol. The highest BCUT2D eigenvalue weighted by atomic mass is 127. The first-order valence-electron chi connectivity index (χ1n) is 8.95. The molecule has 0 aromatic heterocycles. The fraction of sp³-hybridized carbons (Fsp3) is 0.429. The summed E-state index contributed by atoms with van der Waals surface area (Å²) in [5.74, 6) is 0.677. The van der Waals surface area contributed by atoms with Crippen LogP contribution >= 0.6 is 22.6 Å². The highest BCUT2D eigenvalue weighted by Gasteiger charge is 2.33. The predicted molar refractivity (Wildman–Crippen MR) is 106 cm³/mol. The minimum absolute atomic E-state index is 0.231. The molecule has 1 aliphatic heterocycles. The normalized spacial score (nSPS) is 25.4. The largest absolute Gasteiger partial charge is 0.391 e. The number of hydrogen-bond donors (Lipinski definition) is 1. The minimum Gasteiger partial charge on any atom is -0.391 e. The number of aliphatic hydroxyl groups excluding tert-OH is 1.